The fourth-order valence-electron chi connectivity index (χ4n) is 2.32. The first kappa shape index (κ1) is 24.6. The minimum absolute atomic E-state index is 0.120. The van der Waals surface area contributed by atoms with Gasteiger partial charge >= 0.3 is 38.5 Å². The monoisotopic (exact) mass is 398 g/mol. The molecule has 0 N–H and O–H groups in total. The van der Waals surface area contributed by atoms with Crippen molar-refractivity contribution in [2.45, 2.75) is 19.5 Å². The number of rotatable bonds is 0. The maximum absolute atomic E-state index is 8.25. The average Bonchev–Trinajstić information content (AvgIpc) is 3.36. The zero-order chi connectivity index (χ0) is 19.8. The topological polar surface area (TPSA) is 46.1 Å². The number of hydrogen-bond acceptors (Lipinski definition) is 2. The summed E-state index contributed by atoms with van der Waals surface area (Å²) in [5.74, 6) is 0. The molecule has 1 aliphatic carbocycles. The molecule has 0 aromatic heterocycles. The fourth-order valence-corrected chi connectivity index (χ4v) is 2.32. The van der Waals surface area contributed by atoms with Crippen LogP contribution in [0.3, 0.4) is 0 Å². The van der Waals surface area contributed by atoms with Gasteiger partial charge in [0.2, 0.25) is 0 Å². The van der Waals surface area contributed by atoms with E-state index in [1.807, 2.05) is 36.4 Å². The van der Waals surface area contributed by atoms with Gasteiger partial charge in [-0.1, -0.05) is 35.4 Å². The molecule has 4 heteroatoms. The molecule has 0 fully saturated rings. The molecular formula is C22H26O2SiTi-2. The Morgan fingerprint density at radius 2 is 1.42 bits per heavy atom. The van der Waals surface area contributed by atoms with Gasteiger partial charge in [0.05, 0.1) is 0 Å². The van der Waals surface area contributed by atoms with Gasteiger partial charge in [0, 0.05) is 0 Å². The van der Waals surface area contributed by atoms with Crippen LogP contribution in [0.4, 0.5) is 0 Å². The summed E-state index contributed by atoms with van der Waals surface area (Å²) in [5.41, 5.74) is 5.51. The van der Waals surface area contributed by atoms with Crippen molar-refractivity contribution in [1.29, 1.82) is 0 Å². The third-order valence-electron chi connectivity index (χ3n) is 3.17. The van der Waals surface area contributed by atoms with Crippen LogP contribution in [-0.4, -0.2) is 20.4 Å². The maximum atomic E-state index is 8.25. The third-order valence-corrected chi connectivity index (χ3v) is 3.17. The van der Waals surface area contributed by atoms with E-state index >= 15 is 0 Å². The van der Waals surface area contributed by atoms with Crippen molar-refractivity contribution in [3.8, 4) is 11.1 Å². The van der Waals surface area contributed by atoms with Gasteiger partial charge in [0.25, 0.3) is 0 Å². The Hall–Kier alpha value is -1.36. The van der Waals surface area contributed by atoms with Gasteiger partial charge in [-0.2, -0.15) is 62.2 Å². The Morgan fingerprint density at radius 3 is 1.96 bits per heavy atom. The van der Waals surface area contributed by atoms with Gasteiger partial charge in [-0.25, -0.2) is 12.1 Å². The van der Waals surface area contributed by atoms with E-state index in [0.717, 1.165) is 20.6 Å². The van der Waals surface area contributed by atoms with Crippen molar-refractivity contribution in [3.05, 3.63) is 90.0 Å². The molecule has 0 saturated heterocycles. The van der Waals surface area contributed by atoms with Crippen molar-refractivity contribution in [3.63, 3.8) is 0 Å². The molecule has 4 rings (SSSR count). The van der Waals surface area contributed by atoms with E-state index in [4.69, 9.17) is 10.2 Å². The van der Waals surface area contributed by atoms with E-state index in [1.54, 1.807) is 0 Å². The summed E-state index contributed by atoms with van der Waals surface area (Å²) in [6, 6.07) is 28.1. The Kier molecular flexibility index (Phi) is 15.0. The van der Waals surface area contributed by atoms with Gasteiger partial charge in [-0.05, 0) is 6.42 Å². The van der Waals surface area contributed by atoms with E-state index in [1.165, 1.54) is 22.3 Å². The molecule has 0 spiro atoms. The molecule has 0 radical (unpaired) electrons. The number of fused-ring (bicyclic) bond motifs is 3. The van der Waals surface area contributed by atoms with Gasteiger partial charge in [0.1, 0.15) is 0 Å². The van der Waals surface area contributed by atoms with E-state index in [-0.39, 0.29) is 6.19 Å². The molecule has 0 amide bonds. The van der Waals surface area contributed by atoms with Crippen LogP contribution in [0.25, 0.3) is 11.1 Å². The van der Waals surface area contributed by atoms with Crippen LogP contribution in [0, 0.1) is 6.07 Å². The van der Waals surface area contributed by atoms with Gasteiger partial charge in [0.15, 0.2) is 0 Å². The number of benzene rings is 2. The average molecular weight is 398 g/mol. The molecule has 0 aliphatic heterocycles. The smallest absolute Gasteiger partial charge is 0.0253 e. The van der Waals surface area contributed by atoms with Gasteiger partial charge in [-0.15, -0.1) is 5.56 Å². The molecule has 1 aliphatic rings. The summed E-state index contributed by atoms with van der Waals surface area (Å²) in [5, 5.41) is 16.5. The predicted molar refractivity (Wildman–Crippen MR) is 105 cm³/mol. The first-order chi connectivity index (χ1) is 12.7. The molecule has 0 atom stereocenters. The quantitative estimate of drug-likeness (QED) is 0.337. The largest absolute Gasteiger partial charge is 0.214 e. The van der Waals surface area contributed by atoms with E-state index in [9.17, 15) is 0 Å². The van der Waals surface area contributed by atoms with Crippen LogP contribution in [0.2, 0.25) is 13.1 Å². The molecule has 0 unspecified atom stereocenters. The molecular weight excluding hydrogens is 372 g/mol. The van der Waals surface area contributed by atoms with Crippen molar-refractivity contribution >= 4 is 6.19 Å². The third kappa shape index (κ3) is 9.37. The zero-order valence-electron chi connectivity index (χ0n) is 16.0. The Labute approximate surface area is 170 Å². The second-order valence-corrected chi connectivity index (χ2v) is 12.0. The second-order valence-electron chi connectivity index (χ2n) is 5.36. The van der Waals surface area contributed by atoms with Crippen molar-refractivity contribution in [1.82, 2.24) is 0 Å². The summed E-state index contributed by atoms with van der Waals surface area (Å²) in [4.78, 5) is 0. The molecule has 26 heavy (non-hydrogen) atoms. The van der Waals surface area contributed by atoms with Crippen LogP contribution in [-0.2, 0) is 25.6 Å². The van der Waals surface area contributed by atoms with Crippen LogP contribution in [0.15, 0.2) is 72.8 Å². The summed E-state index contributed by atoms with van der Waals surface area (Å²) in [6.45, 7) is 4.54. The first-order valence-corrected chi connectivity index (χ1v) is 13.1. The molecule has 3 aromatic carbocycles. The Balaban J connectivity index is 0.000000403. The zero-order valence-corrected chi connectivity index (χ0v) is 18.5. The molecule has 136 valence electrons. The molecule has 0 saturated carbocycles. The van der Waals surface area contributed by atoms with Crippen molar-refractivity contribution < 1.29 is 29.4 Å². The maximum Gasteiger partial charge on any atom is -0.0253 e. The molecule has 0 bridgehead atoms. The SMILES string of the molecule is C[O-].C[O-].C[Si](C)=[Ti+2].[c-]1cccc2c1Cc1ccccc1-2.c1cc[cH-]c1. The molecule has 0 heterocycles. The first-order valence-electron chi connectivity index (χ1n) is 8.26. The summed E-state index contributed by atoms with van der Waals surface area (Å²) < 4.78 is 0. The molecule has 2 nitrogen and oxygen atoms in total. The Bertz CT molecular complexity index is 660. The van der Waals surface area contributed by atoms with Gasteiger partial charge in [-0.3, -0.25) is 0 Å². The fraction of sp³-hybridized carbons (Fsp3) is 0.227. The van der Waals surface area contributed by atoms with Crippen LogP contribution < -0.4 is 10.2 Å². The minimum atomic E-state index is 0.120. The Morgan fingerprint density at radius 1 is 0.885 bits per heavy atom. The molecule has 3 aromatic rings. The summed E-state index contributed by atoms with van der Waals surface area (Å²) in [7, 11) is 1.50. The van der Waals surface area contributed by atoms with E-state index in [0.29, 0.717) is 0 Å². The van der Waals surface area contributed by atoms with Crippen LogP contribution in [0.5, 0.6) is 0 Å². The summed E-state index contributed by atoms with van der Waals surface area (Å²) in [6.07, 6.45) is 1.17. The van der Waals surface area contributed by atoms with Crippen LogP contribution in [0.1, 0.15) is 11.1 Å². The van der Waals surface area contributed by atoms with E-state index in [2.05, 4.69) is 74.7 Å². The number of hydrogen-bond donors (Lipinski definition) is 0. The van der Waals surface area contributed by atoms with Gasteiger partial charge < -0.3 is 10.2 Å². The normalized spacial score (nSPS) is 9.23. The van der Waals surface area contributed by atoms with E-state index < -0.39 is 0 Å². The van der Waals surface area contributed by atoms with Crippen LogP contribution >= 0.6 is 0 Å². The standard InChI is InChI=1S/C13H9.C5H5.C2H6Si.2CH3O.Ti/c1-3-7-12-10(5-1)9-11-6-2-4-8-13(11)12;1-2-4-5-3-1;1-3-2;2*1-2;/h1-5,7-8H,9H2;1-5H;1-2H3;2*1H3;/q2*-1;;2*-1;+2. The predicted octanol–water partition coefficient (Wildman–Crippen LogP) is 3.20. The summed E-state index contributed by atoms with van der Waals surface area (Å²) >= 11 is 2.27. The second kappa shape index (κ2) is 15.9. The van der Waals surface area contributed by atoms with Crippen molar-refractivity contribution in [2.24, 2.45) is 0 Å². The minimum Gasteiger partial charge on any atom is -0.214 e. The van der Waals surface area contributed by atoms with Crippen molar-refractivity contribution in [2.75, 3.05) is 14.2 Å².